The number of nitrogens with one attached hydrogen (secondary N) is 1. The van der Waals surface area contributed by atoms with Crippen LogP contribution >= 0.6 is 0 Å². The number of anilines is 1. The van der Waals surface area contributed by atoms with Crippen LogP contribution in [0, 0.1) is 20.8 Å². The van der Waals surface area contributed by atoms with Crippen molar-refractivity contribution in [3.8, 4) is 5.75 Å². The molecular formula is C17H20N2O5. The molecule has 1 atom stereocenters. The minimum Gasteiger partial charge on any atom is -0.482 e. The van der Waals surface area contributed by atoms with Crippen molar-refractivity contribution in [2.24, 2.45) is 0 Å². The minimum atomic E-state index is -0.975. The molecule has 2 aromatic rings. The monoisotopic (exact) mass is 332 g/mol. The van der Waals surface area contributed by atoms with E-state index >= 15 is 0 Å². The number of ether oxygens (including phenoxy) is 2. The Kier molecular flexibility index (Phi) is 5.57. The predicted octanol–water partition coefficient (Wildman–Crippen LogP) is 2.55. The quantitative estimate of drug-likeness (QED) is 0.818. The third-order valence-corrected chi connectivity index (χ3v) is 3.46. The van der Waals surface area contributed by atoms with Gasteiger partial charge in [0.2, 0.25) is 0 Å². The van der Waals surface area contributed by atoms with Crippen LogP contribution in [0.25, 0.3) is 0 Å². The zero-order valence-electron chi connectivity index (χ0n) is 14.1. The molecule has 0 aliphatic heterocycles. The molecule has 0 saturated carbocycles. The second kappa shape index (κ2) is 7.63. The normalized spacial score (nSPS) is 11.7. The van der Waals surface area contributed by atoms with E-state index in [0.29, 0.717) is 11.5 Å². The Morgan fingerprint density at radius 2 is 2.04 bits per heavy atom. The molecule has 1 heterocycles. The highest BCUT2D eigenvalue weighted by Gasteiger charge is 2.19. The van der Waals surface area contributed by atoms with Crippen LogP contribution < -0.4 is 10.1 Å². The highest BCUT2D eigenvalue weighted by Crippen LogP contribution is 2.20. The Balaban J connectivity index is 1.82. The van der Waals surface area contributed by atoms with Gasteiger partial charge >= 0.3 is 5.97 Å². The van der Waals surface area contributed by atoms with Gasteiger partial charge in [-0.15, -0.1) is 0 Å². The smallest absolute Gasteiger partial charge is 0.344 e. The fourth-order valence-electron chi connectivity index (χ4n) is 1.96. The maximum absolute atomic E-state index is 11.9. The number of esters is 1. The van der Waals surface area contributed by atoms with Crippen molar-refractivity contribution in [3.63, 3.8) is 0 Å². The van der Waals surface area contributed by atoms with E-state index in [1.807, 2.05) is 26.0 Å². The van der Waals surface area contributed by atoms with Gasteiger partial charge in [-0.3, -0.25) is 4.79 Å². The molecule has 7 heteroatoms. The first-order valence-electron chi connectivity index (χ1n) is 7.49. The average Bonchev–Trinajstić information content (AvgIpc) is 2.93. The molecule has 24 heavy (non-hydrogen) atoms. The molecule has 0 unspecified atom stereocenters. The third kappa shape index (κ3) is 4.58. The molecule has 0 radical (unpaired) electrons. The standard InChI is InChI=1S/C17H20N2O5/c1-10-6-5-7-14(12(10)3)22-9-16(20)23-13(4)17(21)18-15-8-11(2)24-19-15/h5-8,13H,9H2,1-4H3,(H,18,19,21)/t13-/m0/s1. The summed E-state index contributed by atoms with van der Waals surface area (Å²) in [6.07, 6.45) is -0.975. The summed E-state index contributed by atoms with van der Waals surface area (Å²) in [4.78, 5) is 23.7. The number of amides is 1. The number of hydrogen-bond acceptors (Lipinski definition) is 6. The van der Waals surface area contributed by atoms with Crippen LogP contribution in [0.4, 0.5) is 5.82 Å². The summed E-state index contributed by atoms with van der Waals surface area (Å²) < 4.78 is 15.3. The second-order valence-corrected chi connectivity index (χ2v) is 5.43. The van der Waals surface area contributed by atoms with E-state index in [9.17, 15) is 9.59 Å². The van der Waals surface area contributed by atoms with E-state index < -0.39 is 18.0 Å². The van der Waals surface area contributed by atoms with Crippen LogP contribution in [-0.2, 0) is 14.3 Å². The Bertz CT molecular complexity index is 738. The lowest BCUT2D eigenvalue weighted by atomic mass is 10.1. The molecule has 7 nitrogen and oxygen atoms in total. The maximum Gasteiger partial charge on any atom is 0.344 e. The molecule has 0 aliphatic rings. The fourth-order valence-corrected chi connectivity index (χ4v) is 1.96. The van der Waals surface area contributed by atoms with Crippen LogP contribution in [0.1, 0.15) is 23.8 Å². The lowest BCUT2D eigenvalue weighted by Crippen LogP contribution is -2.31. The van der Waals surface area contributed by atoms with Crippen LogP contribution in [-0.4, -0.2) is 29.7 Å². The average molecular weight is 332 g/mol. The SMILES string of the molecule is Cc1cc(NC(=O)[C@H](C)OC(=O)COc2cccc(C)c2C)no1. The van der Waals surface area contributed by atoms with E-state index in [1.54, 1.807) is 19.1 Å². The van der Waals surface area contributed by atoms with Crippen LogP contribution in [0.15, 0.2) is 28.8 Å². The summed E-state index contributed by atoms with van der Waals surface area (Å²) in [6.45, 7) is 6.77. The molecule has 1 amide bonds. The van der Waals surface area contributed by atoms with Crippen LogP contribution in [0.2, 0.25) is 0 Å². The number of carbonyl (C=O) groups excluding carboxylic acids is 2. The third-order valence-electron chi connectivity index (χ3n) is 3.46. The van der Waals surface area contributed by atoms with Crippen LogP contribution in [0.3, 0.4) is 0 Å². The Morgan fingerprint density at radius 3 is 2.71 bits per heavy atom. The highest BCUT2D eigenvalue weighted by molar-refractivity contribution is 5.94. The number of rotatable bonds is 6. The minimum absolute atomic E-state index is 0.270. The van der Waals surface area contributed by atoms with Crippen molar-refractivity contribution in [2.75, 3.05) is 11.9 Å². The van der Waals surface area contributed by atoms with Crippen molar-refractivity contribution in [3.05, 3.63) is 41.2 Å². The van der Waals surface area contributed by atoms with Crippen molar-refractivity contribution >= 4 is 17.7 Å². The van der Waals surface area contributed by atoms with Gasteiger partial charge in [-0.1, -0.05) is 17.3 Å². The van der Waals surface area contributed by atoms with Crippen LogP contribution in [0.5, 0.6) is 5.75 Å². The molecular weight excluding hydrogens is 312 g/mol. The van der Waals surface area contributed by atoms with Gasteiger partial charge in [0.15, 0.2) is 18.5 Å². The molecule has 2 rings (SSSR count). The molecule has 0 spiro atoms. The molecule has 0 saturated heterocycles. The van der Waals surface area contributed by atoms with E-state index in [-0.39, 0.29) is 12.4 Å². The number of aromatic nitrogens is 1. The Hall–Kier alpha value is -2.83. The van der Waals surface area contributed by atoms with Gasteiger partial charge < -0.3 is 19.3 Å². The molecule has 1 aromatic heterocycles. The van der Waals surface area contributed by atoms with Crippen molar-refractivity contribution < 1.29 is 23.6 Å². The predicted molar refractivity (Wildman–Crippen MR) is 86.8 cm³/mol. The topological polar surface area (TPSA) is 90.7 Å². The summed E-state index contributed by atoms with van der Waals surface area (Å²) >= 11 is 0. The van der Waals surface area contributed by atoms with Gasteiger partial charge in [0.1, 0.15) is 11.5 Å². The van der Waals surface area contributed by atoms with Gasteiger partial charge in [-0.25, -0.2) is 4.79 Å². The molecule has 1 N–H and O–H groups in total. The number of benzene rings is 1. The Morgan fingerprint density at radius 1 is 1.29 bits per heavy atom. The van der Waals surface area contributed by atoms with Gasteiger partial charge in [-0.2, -0.15) is 0 Å². The van der Waals surface area contributed by atoms with Gasteiger partial charge in [0, 0.05) is 6.07 Å². The van der Waals surface area contributed by atoms with E-state index in [2.05, 4.69) is 10.5 Å². The number of carbonyl (C=O) groups is 2. The van der Waals surface area contributed by atoms with E-state index in [0.717, 1.165) is 11.1 Å². The Labute approximate surface area is 139 Å². The molecule has 1 aromatic carbocycles. The van der Waals surface area contributed by atoms with Gasteiger partial charge in [-0.05, 0) is 44.9 Å². The van der Waals surface area contributed by atoms with Crippen molar-refractivity contribution in [2.45, 2.75) is 33.8 Å². The van der Waals surface area contributed by atoms with Gasteiger partial charge in [0.25, 0.3) is 5.91 Å². The second-order valence-electron chi connectivity index (χ2n) is 5.43. The molecule has 0 bridgehead atoms. The lowest BCUT2D eigenvalue weighted by Gasteiger charge is -2.14. The lowest BCUT2D eigenvalue weighted by molar-refractivity contribution is -0.155. The van der Waals surface area contributed by atoms with E-state index in [4.69, 9.17) is 14.0 Å². The zero-order chi connectivity index (χ0) is 17.7. The van der Waals surface area contributed by atoms with Crippen molar-refractivity contribution in [1.82, 2.24) is 5.16 Å². The first-order chi connectivity index (χ1) is 11.4. The summed E-state index contributed by atoms with van der Waals surface area (Å²) in [5.74, 6) is 0.323. The first kappa shape index (κ1) is 17.5. The van der Waals surface area contributed by atoms with Crippen molar-refractivity contribution in [1.29, 1.82) is 0 Å². The fraction of sp³-hybridized carbons (Fsp3) is 0.353. The molecule has 0 aliphatic carbocycles. The summed E-state index contributed by atoms with van der Waals surface area (Å²) in [6, 6.07) is 7.15. The van der Waals surface area contributed by atoms with E-state index in [1.165, 1.54) is 6.92 Å². The van der Waals surface area contributed by atoms with Gasteiger partial charge in [0.05, 0.1) is 0 Å². The highest BCUT2D eigenvalue weighted by atomic mass is 16.6. The summed E-state index contributed by atoms with van der Waals surface area (Å²) in [7, 11) is 0. The number of nitrogens with zero attached hydrogens (tertiary/aromatic N) is 1. The molecule has 0 fully saturated rings. The number of aryl methyl sites for hydroxylation is 2. The first-order valence-corrected chi connectivity index (χ1v) is 7.49. The maximum atomic E-state index is 11.9. The zero-order valence-corrected chi connectivity index (χ0v) is 14.1. The molecule has 128 valence electrons. The largest absolute Gasteiger partial charge is 0.482 e. The number of hydrogen-bond donors (Lipinski definition) is 1. The summed E-state index contributed by atoms with van der Waals surface area (Å²) in [5.41, 5.74) is 2.02. The summed E-state index contributed by atoms with van der Waals surface area (Å²) in [5, 5.41) is 6.14.